The molecule has 1 aromatic carbocycles. The zero-order valence-electron chi connectivity index (χ0n) is 18.6. The van der Waals surface area contributed by atoms with E-state index in [1.54, 1.807) is 20.8 Å². The van der Waals surface area contributed by atoms with Gasteiger partial charge in [0, 0.05) is 18.7 Å². The monoisotopic (exact) mass is 486 g/mol. The van der Waals surface area contributed by atoms with Gasteiger partial charge in [0.15, 0.2) is 5.69 Å². The maximum absolute atomic E-state index is 14.4. The van der Waals surface area contributed by atoms with Crippen LogP contribution < -0.4 is 5.32 Å². The van der Waals surface area contributed by atoms with E-state index in [-0.39, 0.29) is 30.8 Å². The zero-order chi connectivity index (χ0) is 25.3. The van der Waals surface area contributed by atoms with Crippen molar-refractivity contribution in [2.45, 2.75) is 57.7 Å². The van der Waals surface area contributed by atoms with Gasteiger partial charge in [0.1, 0.15) is 23.6 Å². The fraction of sp³-hybridized carbons (Fsp3) is 0.455. The van der Waals surface area contributed by atoms with Crippen molar-refractivity contribution in [1.29, 1.82) is 0 Å². The number of carbonyl (C=O) groups is 2. The molecule has 3 rings (SSSR count). The summed E-state index contributed by atoms with van der Waals surface area (Å²) in [6.07, 6.45) is -5.80. The van der Waals surface area contributed by atoms with Gasteiger partial charge in [0.05, 0.1) is 18.1 Å². The molecule has 0 unspecified atom stereocenters. The van der Waals surface area contributed by atoms with Crippen LogP contribution in [0.5, 0.6) is 0 Å². The highest BCUT2D eigenvalue weighted by Crippen LogP contribution is 2.29. The number of rotatable bonds is 4. The molecule has 0 saturated carbocycles. The topological polar surface area (TPSA) is 84.4 Å². The largest absolute Gasteiger partial charge is 0.444 e. The molecule has 1 saturated heterocycles. The molecule has 1 aliphatic heterocycles. The molecule has 12 heteroatoms. The summed E-state index contributed by atoms with van der Waals surface area (Å²) in [4.78, 5) is 32.9. The van der Waals surface area contributed by atoms with Gasteiger partial charge in [-0.25, -0.2) is 18.6 Å². The molecular weight excluding hydrogens is 463 g/mol. The second kappa shape index (κ2) is 9.51. The van der Waals surface area contributed by atoms with Crippen molar-refractivity contribution in [1.82, 2.24) is 20.2 Å². The van der Waals surface area contributed by atoms with Gasteiger partial charge >= 0.3 is 12.3 Å². The van der Waals surface area contributed by atoms with Gasteiger partial charge in [-0.3, -0.25) is 14.7 Å². The lowest BCUT2D eigenvalue weighted by Gasteiger charge is -2.28. The molecule has 34 heavy (non-hydrogen) atoms. The Balaban J connectivity index is 1.71. The third-order valence-corrected chi connectivity index (χ3v) is 4.94. The quantitative estimate of drug-likeness (QED) is 0.653. The molecule has 184 valence electrons. The van der Waals surface area contributed by atoms with E-state index in [1.807, 2.05) is 0 Å². The summed E-state index contributed by atoms with van der Waals surface area (Å²) in [5.41, 5.74) is -1.91. The summed E-state index contributed by atoms with van der Waals surface area (Å²) in [7, 11) is 0. The number of nitrogens with zero attached hydrogens (tertiary/aromatic N) is 3. The van der Waals surface area contributed by atoms with Crippen molar-refractivity contribution in [2.75, 3.05) is 6.54 Å². The second-order valence-corrected chi connectivity index (χ2v) is 8.74. The number of hydrogen-bond acceptors (Lipinski definition) is 5. The number of halogens is 5. The van der Waals surface area contributed by atoms with Crippen LogP contribution in [0.4, 0.5) is 26.7 Å². The first-order chi connectivity index (χ1) is 15.8. The van der Waals surface area contributed by atoms with Crippen LogP contribution >= 0.6 is 0 Å². The number of carbonyl (C=O) groups excluding carboxylic acids is 2. The van der Waals surface area contributed by atoms with E-state index >= 15 is 0 Å². The highest BCUT2D eigenvalue weighted by atomic mass is 19.4. The summed E-state index contributed by atoms with van der Waals surface area (Å²) in [6, 6.07) is 2.33. The summed E-state index contributed by atoms with van der Waals surface area (Å²) in [5, 5.41) is 2.51. The summed E-state index contributed by atoms with van der Waals surface area (Å²) in [6.45, 7) is 4.81. The van der Waals surface area contributed by atoms with Gasteiger partial charge in [0.2, 0.25) is 5.91 Å². The Kier molecular flexibility index (Phi) is 7.08. The number of hydrogen-bond donors (Lipinski definition) is 1. The first kappa shape index (κ1) is 25.3. The van der Waals surface area contributed by atoms with Crippen LogP contribution in [0, 0.1) is 5.82 Å². The molecule has 2 aromatic rings. The number of nitrogens with one attached hydrogen (secondary N) is 1. The molecular formula is C22H23F5N4O3. The van der Waals surface area contributed by atoms with E-state index < -0.39 is 47.5 Å². The van der Waals surface area contributed by atoms with E-state index in [0.717, 1.165) is 17.2 Å². The van der Waals surface area contributed by atoms with E-state index in [4.69, 9.17) is 4.74 Å². The molecule has 2 amide bonds. The highest BCUT2D eigenvalue weighted by Gasteiger charge is 2.43. The minimum Gasteiger partial charge on any atom is -0.444 e. The van der Waals surface area contributed by atoms with Gasteiger partial charge < -0.3 is 10.1 Å². The Labute approximate surface area is 192 Å². The lowest BCUT2D eigenvalue weighted by atomic mass is 10.1. The maximum atomic E-state index is 14.4. The minimum atomic E-state index is -4.68. The van der Waals surface area contributed by atoms with Gasteiger partial charge in [0.25, 0.3) is 0 Å². The lowest BCUT2D eigenvalue weighted by molar-refractivity contribution is -0.141. The van der Waals surface area contributed by atoms with Crippen molar-refractivity contribution >= 4 is 12.0 Å². The molecule has 7 nitrogen and oxygen atoms in total. The van der Waals surface area contributed by atoms with E-state index in [2.05, 4.69) is 15.3 Å². The molecule has 0 bridgehead atoms. The van der Waals surface area contributed by atoms with E-state index in [1.165, 1.54) is 12.1 Å². The predicted molar refractivity (Wildman–Crippen MR) is 111 cm³/mol. The molecule has 1 aliphatic rings. The number of aromatic nitrogens is 2. The number of benzene rings is 1. The fourth-order valence-corrected chi connectivity index (χ4v) is 3.37. The van der Waals surface area contributed by atoms with Gasteiger partial charge in [-0.15, -0.1) is 0 Å². The molecule has 0 radical (unpaired) electrons. The third-order valence-electron chi connectivity index (χ3n) is 4.94. The van der Waals surface area contributed by atoms with Crippen LogP contribution in [0.2, 0.25) is 0 Å². The van der Waals surface area contributed by atoms with Crippen LogP contribution in [0.1, 0.15) is 38.4 Å². The number of alkyl halides is 4. The predicted octanol–water partition coefficient (Wildman–Crippen LogP) is 4.27. The summed E-state index contributed by atoms with van der Waals surface area (Å²) >= 11 is 0. The van der Waals surface area contributed by atoms with Crippen LogP contribution in [-0.2, 0) is 22.3 Å². The van der Waals surface area contributed by atoms with Crippen LogP contribution in [0.15, 0.2) is 30.6 Å². The maximum Gasteiger partial charge on any atom is 0.434 e. The van der Waals surface area contributed by atoms with Gasteiger partial charge in [-0.1, -0.05) is 6.07 Å². The molecule has 1 aromatic heterocycles. The van der Waals surface area contributed by atoms with E-state index in [0.29, 0.717) is 11.8 Å². The van der Waals surface area contributed by atoms with Crippen molar-refractivity contribution in [3.05, 3.63) is 47.7 Å². The molecule has 1 N–H and O–H groups in total. The third kappa shape index (κ3) is 5.97. The lowest BCUT2D eigenvalue weighted by Crippen LogP contribution is -2.50. The highest BCUT2D eigenvalue weighted by molar-refractivity contribution is 5.87. The van der Waals surface area contributed by atoms with Crippen LogP contribution in [-0.4, -0.2) is 51.2 Å². The minimum absolute atomic E-state index is 0.0153. The molecule has 2 heterocycles. The Morgan fingerprint density at radius 1 is 1.18 bits per heavy atom. The Morgan fingerprint density at radius 2 is 1.88 bits per heavy atom. The first-order valence-electron chi connectivity index (χ1n) is 10.4. The van der Waals surface area contributed by atoms with Crippen LogP contribution in [0.3, 0.4) is 0 Å². The van der Waals surface area contributed by atoms with Crippen molar-refractivity contribution < 1.29 is 36.3 Å². The number of ether oxygens (including phenoxy) is 1. The summed E-state index contributed by atoms with van der Waals surface area (Å²) < 4.78 is 72.0. The average molecular weight is 486 g/mol. The number of likely N-dealkylation sites (tertiary alicyclic amines) is 1. The Hall–Kier alpha value is -3.31. The Morgan fingerprint density at radius 3 is 2.47 bits per heavy atom. The molecule has 0 spiro atoms. The zero-order valence-corrected chi connectivity index (χ0v) is 18.6. The molecule has 2 atom stereocenters. The Bertz CT molecular complexity index is 1050. The SMILES string of the molecule is CC(C)(C)OC(=O)N1CC[C@H](F)[C@H]1C(=O)NCc1ccc(F)c(-c2cnc(C(F)(F)F)cn2)c1. The standard InChI is InChI=1S/C22H23F5N4O3/c1-21(2,3)34-20(33)31-7-6-15(24)18(31)19(32)30-9-12-4-5-14(23)13(8-12)16-10-29-17(11-28-16)22(25,26)27/h4-5,8,10-11,15,18H,6-7,9H2,1-3H3,(H,30,32)/t15-,18-/m0/s1. The van der Waals surface area contributed by atoms with Crippen LogP contribution in [0.25, 0.3) is 11.3 Å². The van der Waals surface area contributed by atoms with Gasteiger partial charge in [-0.2, -0.15) is 13.2 Å². The first-order valence-corrected chi connectivity index (χ1v) is 10.4. The van der Waals surface area contributed by atoms with Gasteiger partial charge in [-0.05, 0) is 44.9 Å². The normalized spacial score (nSPS) is 18.6. The van der Waals surface area contributed by atoms with Crippen molar-refractivity contribution in [3.63, 3.8) is 0 Å². The second-order valence-electron chi connectivity index (χ2n) is 8.74. The van der Waals surface area contributed by atoms with E-state index in [9.17, 15) is 31.5 Å². The number of amides is 2. The smallest absolute Gasteiger partial charge is 0.434 e. The molecule has 0 aliphatic carbocycles. The summed E-state index contributed by atoms with van der Waals surface area (Å²) in [5.74, 6) is -1.50. The van der Waals surface area contributed by atoms with Crippen molar-refractivity contribution in [2.24, 2.45) is 0 Å². The average Bonchev–Trinajstić information content (AvgIpc) is 3.13. The fourth-order valence-electron chi connectivity index (χ4n) is 3.37. The van der Waals surface area contributed by atoms with Crippen molar-refractivity contribution in [3.8, 4) is 11.3 Å². The molecule has 1 fully saturated rings.